The number of fused-ring (bicyclic) bond motifs is 13. The van der Waals surface area contributed by atoms with Gasteiger partial charge in [0.25, 0.3) is 6.71 Å². The molecule has 1 aliphatic carbocycles. The topological polar surface area (TPSA) is 11.4 Å². The number of hydrogen-bond acceptors (Lipinski definition) is 2. The van der Waals surface area contributed by atoms with Crippen LogP contribution in [0.5, 0.6) is 0 Å². The van der Waals surface area contributed by atoms with E-state index in [9.17, 15) is 0 Å². The van der Waals surface area contributed by atoms with Gasteiger partial charge in [0.2, 0.25) is 6.71 Å². The summed E-state index contributed by atoms with van der Waals surface area (Å²) in [6.45, 7) is -0.219. The maximum absolute atomic E-state index is 2.76. The Balaban J connectivity index is 1.05. The number of hydrogen-bond donors (Lipinski definition) is 0. The van der Waals surface area contributed by atoms with E-state index in [1.54, 1.807) is 0 Å². The lowest BCUT2D eigenvalue weighted by Crippen LogP contribution is -2.63. The molecule has 3 nitrogen and oxygen atoms in total. The van der Waals surface area contributed by atoms with E-state index in [0.717, 1.165) is 23.5 Å². The first-order valence-electron chi connectivity index (χ1n) is 29.3. The minimum Gasteiger partial charge on any atom is -0.312 e. The lowest BCUT2D eigenvalue weighted by molar-refractivity contribution is 0.854. The van der Waals surface area contributed by atoms with Crippen LogP contribution in [-0.4, -0.2) is 18.0 Å². The second kappa shape index (κ2) is 18.1. The highest BCUT2D eigenvalue weighted by molar-refractivity contribution is 7.06. The van der Waals surface area contributed by atoms with Crippen LogP contribution in [0.1, 0.15) is 17.9 Å². The third-order valence-corrected chi connectivity index (χ3v) is 18.7. The van der Waals surface area contributed by atoms with E-state index in [0.29, 0.717) is 5.92 Å². The van der Waals surface area contributed by atoms with Gasteiger partial charge in [-0.25, -0.2) is 0 Å². The molecule has 0 N–H and O–H groups in total. The number of aromatic nitrogens is 1. The molecule has 384 valence electrons. The van der Waals surface area contributed by atoms with E-state index in [-0.39, 0.29) is 13.4 Å². The first-order valence-corrected chi connectivity index (χ1v) is 29.3. The van der Waals surface area contributed by atoms with Gasteiger partial charge in [0.05, 0.1) is 22.4 Å². The Hall–Kier alpha value is -10.4. The summed E-state index contributed by atoms with van der Waals surface area (Å²) in [6.07, 6.45) is 10.1. The fourth-order valence-electron chi connectivity index (χ4n) is 15.1. The molecule has 18 rings (SSSR count). The molecule has 4 aliphatic heterocycles. The molecule has 5 heterocycles. The molecule has 1 unspecified atom stereocenters. The van der Waals surface area contributed by atoms with Crippen LogP contribution in [0.4, 0.5) is 34.1 Å². The monoisotopic (exact) mass is 1050 g/mol. The fraction of sp³-hybridized carbons (Fsp3) is 0.0256. The molecular weight excluding hydrogens is 1000 g/mol. The quantitative estimate of drug-likeness (QED) is 0.141. The Bertz CT molecular complexity index is 4800. The van der Waals surface area contributed by atoms with Crippen molar-refractivity contribution in [1.29, 1.82) is 0 Å². The average Bonchev–Trinajstić information content (AvgIpc) is 1.66. The van der Waals surface area contributed by atoms with Gasteiger partial charge >= 0.3 is 0 Å². The van der Waals surface area contributed by atoms with Crippen molar-refractivity contribution in [1.82, 2.24) is 4.57 Å². The third-order valence-electron chi connectivity index (χ3n) is 18.7. The molecule has 5 heteroatoms. The second-order valence-electron chi connectivity index (χ2n) is 23.0. The fourth-order valence-corrected chi connectivity index (χ4v) is 15.1. The number of anilines is 6. The number of para-hydroxylation sites is 4. The molecule has 0 radical (unpaired) electrons. The van der Waals surface area contributed by atoms with Crippen LogP contribution < -0.4 is 42.6 Å². The molecule has 0 saturated carbocycles. The largest absolute Gasteiger partial charge is 0.312 e. The zero-order valence-corrected chi connectivity index (χ0v) is 45.5. The summed E-state index contributed by atoms with van der Waals surface area (Å²) in [4.78, 5) is 5.35. The van der Waals surface area contributed by atoms with E-state index >= 15 is 0 Å². The van der Waals surface area contributed by atoms with Gasteiger partial charge in [0.1, 0.15) is 0 Å². The van der Waals surface area contributed by atoms with Gasteiger partial charge in [0.15, 0.2) is 0 Å². The highest BCUT2D eigenvalue weighted by Gasteiger charge is 2.52. The van der Waals surface area contributed by atoms with Gasteiger partial charge in [-0.15, -0.1) is 0 Å². The van der Waals surface area contributed by atoms with Gasteiger partial charge in [-0.2, -0.15) is 0 Å². The molecular formula is C78H51B2N3. The van der Waals surface area contributed by atoms with Crippen LogP contribution in [0.15, 0.2) is 291 Å². The summed E-state index contributed by atoms with van der Waals surface area (Å²) < 4.78 is 2.61. The third kappa shape index (κ3) is 6.83. The SMILES string of the molecule is C1=CCC(c2ccc3c(c2)-c2cc(-c4ccccc4)cc4c2B3c2cc(-n3c5ccccc5c5ccccc53)c(N(c3ccccc3)c3ccccc3)c3c2N4c2cc(-c4ccccc4)cc4c2B3c2ccc(-c3ccccc3)cc2-4)C=C1. The molecule has 12 aromatic carbocycles. The van der Waals surface area contributed by atoms with E-state index in [4.69, 9.17) is 0 Å². The standard InChI is InChI=1S/C78H51B2N3/c1-7-23-50(24-8-1)54-39-41-66-62(43-54)64-45-56(52-27-11-3-12-28-52)47-71-74(64)79(66)68-49-73(82-69-37-21-19-35-60(69)61-36-20-22-38-70(61)82)78(81(58-31-15-5-16-32-58)59-33-17-6-18-34-59)76-77(68)83(71)72-48-57(53-29-13-4-14-30-53)46-65-63-44-55(51-25-9-2-10-26-51)40-42-67(63)80(76)75(65)72/h1-23,25-50H,24H2. The molecule has 1 atom stereocenters. The van der Waals surface area contributed by atoms with Gasteiger partial charge in [0, 0.05) is 45.1 Å². The molecule has 0 saturated heterocycles. The minimum atomic E-state index is -0.152. The minimum absolute atomic E-state index is 0.0666. The van der Waals surface area contributed by atoms with Crippen LogP contribution in [0.3, 0.4) is 0 Å². The van der Waals surface area contributed by atoms with Gasteiger partial charge in [-0.05, 0) is 162 Å². The van der Waals surface area contributed by atoms with Crippen LogP contribution >= 0.6 is 0 Å². The number of allylic oxidation sites excluding steroid dienone is 4. The predicted molar refractivity (Wildman–Crippen MR) is 352 cm³/mol. The molecule has 13 aromatic rings. The molecule has 0 spiro atoms. The smallest absolute Gasteiger partial charge is 0.251 e. The van der Waals surface area contributed by atoms with Crippen LogP contribution in [-0.2, 0) is 0 Å². The van der Waals surface area contributed by atoms with Crippen LogP contribution in [0.25, 0.3) is 83.1 Å². The molecule has 83 heavy (non-hydrogen) atoms. The Morgan fingerprint density at radius 3 is 1.43 bits per heavy atom. The summed E-state index contributed by atoms with van der Waals surface area (Å²) in [5.41, 5.74) is 32.5. The van der Waals surface area contributed by atoms with Crippen molar-refractivity contribution in [3.63, 3.8) is 0 Å². The zero-order valence-electron chi connectivity index (χ0n) is 45.5. The van der Waals surface area contributed by atoms with Crippen molar-refractivity contribution in [2.75, 3.05) is 9.80 Å². The van der Waals surface area contributed by atoms with Crippen LogP contribution in [0, 0.1) is 0 Å². The molecule has 5 aliphatic rings. The first kappa shape index (κ1) is 46.4. The predicted octanol–water partition coefficient (Wildman–Crippen LogP) is 15.9. The summed E-state index contributed by atoms with van der Waals surface area (Å²) in [6, 6.07) is 101. The second-order valence-corrected chi connectivity index (χ2v) is 23.0. The van der Waals surface area contributed by atoms with E-state index in [1.165, 1.54) is 139 Å². The molecule has 0 fully saturated rings. The van der Waals surface area contributed by atoms with Crippen molar-refractivity contribution >= 4 is 102 Å². The van der Waals surface area contributed by atoms with E-state index in [1.807, 2.05) is 0 Å². The average molecular weight is 1050 g/mol. The van der Waals surface area contributed by atoms with E-state index < -0.39 is 0 Å². The lowest BCUT2D eigenvalue weighted by Gasteiger charge is -2.45. The lowest BCUT2D eigenvalue weighted by atomic mass is 9.32. The highest BCUT2D eigenvalue weighted by Crippen LogP contribution is 2.52. The number of nitrogens with zero attached hydrogens (tertiary/aromatic N) is 3. The Kier molecular flexibility index (Phi) is 10.1. The van der Waals surface area contributed by atoms with Crippen LogP contribution in [0.2, 0.25) is 0 Å². The molecule has 0 amide bonds. The maximum Gasteiger partial charge on any atom is 0.251 e. The zero-order chi connectivity index (χ0) is 54.3. The van der Waals surface area contributed by atoms with Gasteiger partial charge < -0.3 is 14.4 Å². The Morgan fingerprint density at radius 1 is 0.361 bits per heavy atom. The van der Waals surface area contributed by atoms with Crippen molar-refractivity contribution in [3.05, 3.63) is 297 Å². The summed E-state index contributed by atoms with van der Waals surface area (Å²) in [5.74, 6) is 0.307. The van der Waals surface area contributed by atoms with Crippen molar-refractivity contribution in [2.45, 2.75) is 12.3 Å². The van der Waals surface area contributed by atoms with Crippen molar-refractivity contribution in [3.8, 4) is 61.3 Å². The highest BCUT2D eigenvalue weighted by atomic mass is 15.2. The van der Waals surface area contributed by atoms with Crippen molar-refractivity contribution in [2.24, 2.45) is 0 Å². The normalized spacial score (nSPS) is 14.4. The number of rotatable bonds is 8. The Labute approximate surface area is 484 Å². The molecule has 0 bridgehead atoms. The van der Waals surface area contributed by atoms with E-state index in [2.05, 4.69) is 306 Å². The molecule has 1 aromatic heterocycles. The van der Waals surface area contributed by atoms with Gasteiger partial charge in [-0.1, -0.05) is 229 Å². The summed E-state index contributed by atoms with van der Waals surface area (Å²) in [7, 11) is 0. The summed E-state index contributed by atoms with van der Waals surface area (Å²) >= 11 is 0. The maximum atomic E-state index is 2.76. The first-order chi connectivity index (χ1) is 41.2. The summed E-state index contributed by atoms with van der Waals surface area (Å²) in [5, 5.41) is 2.47. The van der Waals surface area contributed by atoms with Gasteiger partial charge in [-0.3, -0.25) is 0 Å². The van der Waals surface area contributed by atoms with Crippen molar-refractivity contribution < 1.29 is 0 Å². The number of benzene rings is 12. The Morgan fingerprint density at radius 2 is 0.855 bits per heavy atom.